The van der Waals surface area contributed by atoms with Gasteiger partial charge in [-0.15, -0.1) is 0 Å². The Bertz CT molecular complexity index is 458. The molecule has 2 aromatic rings. The van der Waals surface area contributed by atoms with Crippen LogP contribution in [0.4, 0.5) is 0 Å². The van der Waals surface area contributed by atoms with Gasteiger partial charge in [-0.1, -0.05) is 33.8 Å². The van der Waals surface area contributed by atoms with E-state index in [1.54, 1.807) is 0 Å². The molecule has 0 saturated carbocycles. The topological polar surface area (TPSA) is 21.1 Å². The molecule has 3 heteroatoms. The molecule has 108 valence electrons. The molecule has 0 aliphatic rings. The van der Waals surface area contributed by atoms with Crippen LogP contribution in [0.2, 0.25) is 0 Å². The molecule has 0 aliphatic heterocycles. The van der Waals surface area contributed by atoms with Gasteiger partial charge in [-0.25, -0.2) is 4.98 Å². The predicted octanol–water partition coefficient (Wildman–Crippen LogP) is 3.96. The summed E-state index contributed by atoms with van der Waals surface area (Å²) >= 11 is 0. The van der Waals surface area contributed by atoms with Crippen molar-refractivity contribution in [3.05, 3.63) is 30.1 Å². The molecule has 0 bridgehead atoms. The van der Waals surface area contributed by atoms with Gasteiger partial charge in [0, 0.05) is 13.1 Å². The van der Waals surface area contributed by atoms with E-state index in [9.17, 15) is 0 Å². The summed E-state index contributed by atoms with van der Waals surface area (Å²) in [4.78, 5) is 6.58. The molecule has 19 heavy (non-hydrogen) atoms. The SMILES string of the molecule is CC.CC.Cc1ccc2c(c1)ncn2CCN(C)C. The average molecular weight is 263 g/mol. The number of imidazole rings is 1. The van der Waals surface area contributed by atoms with E-state index in [1.807, 2.05) is 34.0 Å². The summed E-state index contributed by atoms with van der Waals surface area (Å²) in [5.41, 5.74) is 3.58. The summed E-state index contributed by atoms with van der Waals surface area (Å²) in [6.45, 7) is 12.1. The average Bonchev–Trinajstić information content (AvgIpc) is 2.83. The van der Waals surface area contributed by atoms with Gasteiger partial charge in [0.05, 0.1) is 17.4 Å². The zero-order valence-electron chi connectivity index (χ0n) is 13.6. The highest BCUT2D eigenvalue weighted by molar-refractivity contribution is 5.75. The molecule has 1 aromatic heterocycles. The van der Waals surface area contributed by atoms with Crippen molar-refractivity contribution in [2.45, 2.75) is 41.2 Å². The number of fused-ring (bicyclic) bond motifs is 1. The van der Waals surface area contributed by atoms with Crippen LogP contribution in [0.3, 0.4) is 0 Å². The van der Waals surface area contributed by atoms with Crippen LogP contribution in [0.15, 0.2) is 24.5 Å². The maximum absolute atomic E-state index is 4.40. The molecule has 0 unspecified atom stereocenters. The van der Waals surface area contributed by atoms with Crippen molar-refractivity contribution in [1.82, 2.24) is 14.5 Å². The second-order valence-electron chi connectivity index (χ2n) is 4.23. The van der Waals surface area contributed by atoms with Crippen molar-refractivity contribution < 1.29 is 0 Å². The maximum atomic E-state index is 4.40. The normalized spacial score (nSPS) is 9.68. The van der Waals surface area contributed by atoms with Crippen LogP contribution < -0.4 is 0 Å². The minimum absolute atomic E-state index is 0.993. The lowest BCUT2D eigenvalue weighted by atomic mass is 10.2. The van der Waals surface area contributed by atoms with Crippen molar-refractivity contribution in [2.75, 3.05) is 20.6 Å². The number of hydrogen-bond acceptors (Lipinski definition) is 2. The molecule has 0 radical (unpaired) electrons. The molecule has 1 heterocycles. The molecule has 0 amide bonds. The minimum Gasteiger partial charge on any atom is -0.329 e. The van der Waals surface area contributed by atoms with E-state index >= 15 is 0 Å². The zero-order valence-corrected chi connectivity index (χ0v) is 13.6. The lowest BCUT2D eigenvalue weighted by Gasteiger charge is -2.10. The Balaban J connectivity index is 0.000000741. The third-order valence-corrected chi connectivity index (χ3v) is 2.56. The second-order valence-corrected chi connectivity index (χ2v) is 4.23. The van der Waals surface area contributed by atoms with Crippen molar-refractivity contribution in [3.8, 4) is 0 Å². The summed E-state index contributed by atoms with van der Waals surface area (Å²) in [6.07, 6.45) is 1.92. The first kappa shape index (κ1) is 17.6. The Morgan fingerprint density at radius 3 is 2.32 bits per heavy atom. The zero-order chi connectivity index (χ0) is 14.8. The van der Waals surface area contributed by atoms with Crippen LogP contribution in [-0.2, 0) is 6.54 Å². The molecule has 2 rings (SSSR count). The summed E-state index contributed by atoms with van der Waals surface area (Å²) in [5, 5.41) is 0. The molecular formula is C16H29N3. The lowest BCUT2D eigenvalue weighted by Crippen LogP contribution is -2.17. The molecule has 0 saturated heterocycles. The van der Waals surface area contributed by atoms with Crippen molar-refractivity contribution in [1.29, 1.82) is 0 Å². The maximum Gasteiger partial charge on any atom is 0.0958 e. The monoisotopic (exact) mass is 263 g/mol. The summed E-state index contributed by atoms with van der Waals surface area (Å²) in [6, 6.07) is 6.41. The Kier molecular flexibility index (Phi) is 8.88. The first-order valence-electron chi connectivity index (χ1n) is 7.23. The summed E-state index contributed by atoms with van der Waals surface area (Å²) < 4.78 is 2.20. The molecule has 3 nitrogen and oxygen atoms in total. The molecule has 0 spiro atoms. The number of hydrogen-bond donors (Lipinski definition) is 0. The fourth-order valence-electron chi connectivity index (χ4n) is 1.66. The van der Waals surface area contributed by atoms with Crippen LogP contribution in [0.1, 0.15) is 33.3 Å². The van der Waals surface area contributed by atoms with Gasteiger partial charge in [0.15, 0.2) is 0 Å². The van der Waals surface area contributed by atoms with Gasteiger partial charge in [-0.2, -0.15) is 0 Å². The molecule has 0 N–H and O–H groups in total. The van der Waals surface area contributed by atoms with E-state index in [0.717, 1.165) is 18.6 Å². The smallest absolute Gasteiger partial charge is 0.0958 e. The standard InChI is InChI=1S/C12H17N3.2C2H6/c1-10-4-5-12-11(8-10)13-9-15(12)7-6-14(2)3;2*1-2/h4-5,8-9H,6-7H2,1-3H3;2*1-2H3. The Morgan fingerprint density at radius 2 is 1.74 bits per heavy atom. The molecule has 0 atom stereocenters. The minimum atomic E-state index is 0.993. The van der Waals surface area contributed by atoms with Crippen molar-refractivity contribution in [3.63, 3.8) is 0 Å². The Labute approximate surface area is 118 Å². The first-order valence-corrected chi connectivity index (χ1v) is 7.23. The largest absolute Gasteiger partial charge is 0.329 e. The third kappa shape index (κ3) is 5.43. The van der Waals surface area contributed by atoms with Gasteiger partial charge >= 0.3 is 0 Å². The highest BCUT2D eigenvalue weighted by Crippen LogP contribution is 2.14. The van der Waals surface area contributed by atoms with Crippen molar-refractivity contribution in [2.24, 2.45) is 0 Å². The third-order valence-electron chi connectivity index (χ3n) is 2.56. The quantitative estimate of drug-likeness (QED) is 0.836. The van der Waals surface area contributed by atoms with Crippen LogP contribution in [0.5, 0.6) is 0 Å². The lowest BCUT2D eigenvalue weighted by molar-refractivity contribution is 0.386. The van der Waals surface area contributed by atoms with Gasteiger partial charge in [0.25, 0.3) is 0 Å². The first-order chi connectivity index (χ1) is 9.16. The van der Waals surface area contributed by atoms with E-state index in [2.05, 4.69) is 53.7 Å². The van der Waals surface area contributed by atoms with Crippen LogP contribution >= 0.6 is 0 Å². The van der Waals surface area contributed by atoms with E-state index in [0.29, 0.717) is 0 Å². The number of nitrogens with zero attached hydrogens (tertiary/aromatic N) is 3. The summed E-state index contributed by atoms with van der Waals surface area (Å²) in [5.74, 6) is 0. The highest BCUT2D eigenvalue weighted by atomic mass is 15.1. The number of aromatic nitrogens is 2. The van der Waals surface area contributed by atoms with E-state index in [4.69, 9.17) is 0 Å². The fraction of sp³-hybridized carbons (Fsp3) is 0.562. The van der Waals surface area contributed by atoms with Gasteiger partial charge < -0.3 is 9.47 Å². The number of benzene rings is 1. The highest BCUT2D eigenvalue weighted by Gasteiger charge is 2.02. The number of aryl methyl sites for hydroxylation is 1. The van der Waals surface area contributed by atoms with E-state index in [1.165, 1.54) is 11.1 Å². The molecule has 0 aliphatic carbocycles. The van der Waals surface area contributed by atoms with Crippen LogP contribution in [0, 0.1) is 6.92 Å². The second kappa shape index (κ2) is 9.56. The van der Waals surface area contributed by atoms with Crippen LogP contribution in [0.25, 0.3) is 11.0 Å². The Hall–Kier alpha value is -1.35. The molecular weight excluding hydrogens is 234 g/mol. The predicted molar refractivity (Wildman–Crippen MR) is 85.7 cm³/mol. The molecule has 1 aromatic carbocycles. The number of rotatable bonds is 3. The van der Waals surface area contributed by atoms with Crippen LogP contribution in [-0.4, -0.2) is 35.1 Å². The molecule has 0 fully saturated rings. The number of likely N-dealkylation sites (N-methyl/N-ethyl adjacent to an activating group) is 1. The van der Waals surface area contributed by atoms with Crippen molar-refractivity contribution >= 4 is 11.0 Å². The van der Waals surface area contributed by atoms with Gasteiger partial charge in [-0.05, 0) is 38.7 Å². The van der Waals surface area contributed by atoms with E-state index < -0.39 is 0 Å². The summed E-state index contributed by atoms with van der Waals surface area (Å²) in [7, 11) is 4.17. The fourth-order valence-corrected chi connectivity index (χ4v) is 1.66. The van der Waals surface area contributed by atoms with E-state index in [-0.39, 0.29) is 0 Å². The van der Waals surface area contributed by atoms with Gasteiger partial charge in [0.2, 0.25) is 0 Å². The van der Waals surface area contributed by atoms with Gasteiger partial charge in [0.1, 0.15) is 0 Å². The van der Waals surface area contributed by atoms with Gasteiger partial charge in [-0.3, -0.25) is 0 Å². The Morgan fingerprint density at radius 1 is 1.11 bits per heavy atom.